The molecule has 0 radical (unpaired) electrons. The van der Waals surface area contributed by atoms with E-state index in [4.69, 9.17) is 10.7 Å². The van der Waals surface area contributed by atoms with Crippen molar-refractivity contribution in [1.29, 1.82) is 0 Å². The van der Waals surface area contributed by atoms with Crippen LogP contribution in [0.3, 0.4) is 0 Å². The van der Waals surface area contributed by atoms with E-state index in [0.717, 1.165) is 0 Å². The van der Waals surface area contributed by atoms with Crippen molar-refractivity contribution >= 4 is 23.7 Å². The standard InChI is InChI=1S/C12H11N3O5/c13-14-10(17)8-6-9(16)15(11(8)18)20-12(19)7-4-2-1-3-5-7/h1-5,8H,6,13H2,(H,14,17). The second-order valence-electron chi connectivity index (χ2n) is 4.04. The maximum Gasteiger partial charge on any atom is 0.363 e. The molecule has 2 rings (SSSR count). The van der Waals surface area contributed by atoms with Crippen LogP contribution in [0.4, 0.5) is 0 Å². The number of benzene rings is 1. The smallest absolute Gasteiger partial charge is 0.325 e. The predicted octanol–water partition coefficient (Wildman–Crippen LogP) is -0.877. The van der Waals surface area contributed by atoms with Gasteiger partial charge in [-0.05, 0) is 12.1 Å². The SMILES string of the molecule is NNC(=O)C1CC(=O)N(OC(=O)c2ccccc2)C1=O. The first kappa shape index (κ1) is 13.7. The number of hydrogen-bond donors (Lipinski definition) is 2. The Morgan fingerprint density at radius 1 is 1.25 bits per heavy atom. The van der Waals surface area contributed by atoms with Crippen molar-refractivity contribution in [2.45, 2.75) is 6.42 Å². The number of amides is 3. The molecule has 0 aromatic heterocycles. The molecule has 0 saturated carbocycles. The topological polar surface area (TPSA) is 119 Å². The third-order valence-corrected chi connectivity index (χ3v) is 2.75. The molecule has 1 unspecified atom stereocenters. The van der Waals surface area contributed by atoms with Crippen LogP contribution in [0, 0.1) is 5.92 Å². The molecule has 8 heteroatoms. The Bertz CT molecular complexity index is 572. The molecule has 1 aromatic rings. The van der Waals surface area contributed by atoms with Gasteiger partial charge in [0.25, 0.3) is 11.8 Å². The van der Waals surface area contributed by atoms with Crippen LogP contribution in [0.5, 0.6) is 0 Å². The number of nitrogens with zero attached hydrogens (tertiary/aromatic N) is 1. The van der Waals surface area contributed by atoms with Crippen LogP contribution in [0.25, 0.3) is 0 Å². The maximum absolute atomic E-state index is 11.8. The Balaban J connectivity index is 2.10. The van der Waals surface area contributed by atoms with Gasteiger partial charge in [-0.15, -0.1) is 5.06 Å². The van der Waals surface area contributed by atoms with Crippen LogP contribution >= 0.6 is 0 Å². The molecule has 104 valence electrons. The number of nitrogens with one attached hydrogen (secondary N) is 1. The molecule has 8 nitrogen and oxygen atoms in total. The van der Waals surface area contributed by atoms with Crippen LogP contribution in [0.2, 0.25) is 0 Å². The molecule has 0 spiro atoms. The zero-order valence-electron chi connectivity index (χ0n) is 10.2. The van der Waals surface area contributed by atoms with Crippen molar-refractivity contribution in [2.75, 3.05) is 0 Å². The number of imide groups is 1. The highest BCUT2D eigenvalue weighted by Crippen LogP contribution is 2.20. The van der Waals surface area contributed by atoms with E-state index in [1.807, 2.05) is 0 Å². The maximum atomic E-state index is 11.8. The zero-order chi connectivity index (χ0) is 14.7. The lowest BCUT2D eigenvalue weighted by Gasteiger charge is -2.13. The monoisotopic (exact) mass is 277 g/mol. The van der Waals surface area contributed by atoms with E-state index in [1.54, 1.807) is 23.6 Å². The van der Waals surface area contributed by atoms with Crippen molar-refractivity contribution in [3.63, 3.8) is 0 Å². The lowest BCUT2D eigenvalue weighted by Crippen LogP contribution is -2.40. The highest BCUT2D eigenvalue weighted by molar-refractivity contribution is 6.13. The van der Waals surface area contributed by atoms with Crippen molar-refractivity contribution in [1.82, 2.24) is 10.5 Å². The van der Waals surface area contributed by atoms with Crippen LogP contribution < -0.4 is 11.3 Å². The second-order valence-corrected chi connectivity index (χ2v) is 4.04. The van der Waals surface area contributed by atoms with Gasteiger partial charge in [0.15, 0.2) is 0 Å². The van der Waals surface area contributed by atoms with E-state index >= 15 is 0 Å². The minimum Gasteiger partial charge on any atom is -0.325 e. The zero-order valence-corrected chi connectivity index (χ0v) is 10.2. The van der Waals surface area contributed by atoms with Gasteiger partial charge in [-0.1, -0.05) is 18.2 Å². The number of nitrogens with two attached hydrogens (primary N) is 1. The third-order valence-electron chi connectivity index (χ3n) is 2.75. The predicted molar refractivity (Wildman–Crippen MR) is 64.1 cm³/mol. The van der Waals surface area contributed by atoms with Crippen molar-refractivity contribution in [3.8, 4) is 0 Å². The quantitative estimate of drug-likeness (QED) is 0.243. The average molecular weight is 277 g/mol. The molecular weight excluding hydrogens is 266 g/mol. The normalized spacial score (nSPS) is 18.1. The van der Waals surface area contributed by atoms with Crippen LogP contribution in [-0.4, -0.2) is 28.8 Å². The molecule has 20 heavy (non-hydrogen) atoms. The molecule has 0 bridgehead atoms. The van der Waals surface area contributed by atoms with Crippen LogP contribution in [0.1, 0.15) is 16.8 Å². The summed E-state index contributed by atoms with van der Waals surface area (Å²) in [4.78, 5) is 51.1. The Hall–Kier alpha value is -2.74. The van der Waals surface area contributed by atoms with Crippen molar-refractivity contribution in [2.24, 2.45) is 11.8 Å². The minimum atomic E-state index is -1.27. The second kappa shape index (κ2) is 5.49. The van der Waals surface area contributed by atoms with Crippen molar-refractivity contribution < 1.29 is 24.0 Å². The molecule has 1 saturated heterocycles. The summed E-state index contributed by atoms with van der Waals surface area (Å²) < 4.78 is 0. The molecule has 3 amide bonds. The van der Waals surface area contributed by atoms with E-state index < -0.39 is 29.6 Å². The fourth-order valence-electron chi connectivity index (χ4n) is 1.72. The van der Waals surface area contributed by atoms with E-state index in [-0.39, 0.29) is 12.0 Å². The van der Waals surface area contributed by atoms with Crippen LogP contribution in [0.15, 0.2) is 30.3 Å². The van der Waals surface area contributed by atoms with Gasteiger partial charge in [-0.2, -0.15) is 0 Å². The number of hydrazine groups is 1. The lowest BCUT2D eigenvalue weighted by molar-refractivity contribution is -0.174. The molecule has 1 aliphatic heterocycles. The van der Waals surface area contributed by atoms with Gasteiger partial charge in [0.1, 0.15) is 5.92 Å². The van der Waals surface area contributed by atoms with E-state index in [0.29, 0.717) is 5.06 Å². The lowest BCUT2D eigenvalue weighted by atomic mass is 10.1. The first-order valence-electron chi connectivity index (χ1n) is 5.69. The summed E-state index contributed by atoms with van der Waals surface area (Å²) in [7, 11) is 0. The Morgan fingerprint density at radius 3 is 2.50 bits per heavy atom. The van der Waals surface area contributed by atoms with Crippen LogP contribution in [-0.2, 0) is 19.2 Å². The Morgan fingerprint density at radius 2 is 1.90 bits per heavy atom. The van der Waals surface area contributed by atoms with Gasteiger partial charge in [0.05, 0.1) is 12.0 Å². The summed E-state index contributed by atoms with van der Waals surface area (Å²) in [5.41, 5.74) is 1.96. The highest BCUT2D eigenvalue weighted by Gasteiger charge is 2.45. The largest absolute Gasteiger partial charge is 0.363 e. The van der Waals surface area contributed by atoms with Crippen molar-refractivity contribution in [3.05, 3.63) is 35.9 Å². The number of rotatable bonds is 3. The van der Waals surface area contributed by atoms with Gasteiger partial charge in [-0.3, -0.25) is 19.8 Å². The molecule has 1 atom stereocenters. The molecule has 1 aromatic carbocycles. The van der Waals surface area contributed by atoms with E-state index in [9.17, 15) is 19.2 Å². The minimum absolute atomic E-state index is 0.180. The summed E-state index contributed by atoms with van der Waals surface area (Å²) in [5, 5.41) is 0.301. The first-order valence-corrected chi connectivity index (χ1v) is 5.69. The summed E-state index contributed by atoms with van der Waals surface area (Å²) in [6.45, 7) is 0. The first-order chi connectivity index (χ1) is 9.54. The number of hydroxylamine groups is 2. The molecular formula is C12H11N3O5. The average Bonchev–Trinajstić information content (AvgIpc) is 2.75. The summed E-state index contributed by atoms with van der Waals surface area (Å²) in [6.07, 6.45) is -0.385. The van der Waals surface area contributed by atoms with Gasteiger partial charge < -0.3 is 4.84 Å². The molecule has 3 N–H and O–H groups in total. The van der Waals surface area contributed by atoms with Gasteiger partial charge in [0.2, 0.25) is 5.91 Å². The van der Waals surface area contributed by atoms with Gasteiger partial charge >= 0.3 is 5.97 Å². The van der Waals surface area contributed by atoms with E-state index in [2.05, 4.69) is 0 Å². The summed E-state index contributed by atoms with van der Waals surface area (Å²) >= 11 is 0. The fourth-order valence-corrected chi connectivity index (χ4v) is 1.72. The number of hydrogen-bond acceptors (Lipinski definition) is 6. The number of carbonyl (C=O) groups excluding carboxylic acids is 4. The number of carbonyl (C=O) groups is 4. The molecule has 1 fully saturated rings. The summed E-state index contributed by atoms with van der Waals surface area (Å²) in [6, 6.07) is 7.85. The highest BCUT2D eigenvalue weighted by atomic mass is 16.7. The Labute approximate surface area is 113 Å². The molecule has 0 aliphatic carbocycles. The third kappa shape index (κ3) is 2.50. The fraction of sp³-hybridized carbons (Fsp3) is 0.167. The van der Waals surface area contributed by atoms with E-state index in [1.165, 1.54) is 12.1 Å². The molecule has 1 aliphatic rings. The van der Waals surface area contributed by atoms with Gasteiger partial charge in [-0.25, -0.2) is 10.6 Å². The molecule has 1 heterocycles. The summed E-state index contributed by atoms with van der Waals surface area (Å²) in [5.74, 6) is 0.291. The van der Waals surface area contributed by atoms with Gasteiger partial charge in [0, 0.05) is 0 Å². The Kier molecular flexibility index (Phi) is 3.76.